The number of aromatic nitrogens is 2. The Morgan fingerprint density at radius 2 is 2.16 bits per heavy atom. The summed E-state index contributed by atoms with van der Waals surface area (Å²) in [7, 11) is 0. The van der Waals surface area contributed by atoms with Gasteiger partial charge in [-0.25, -0.2) is 4.98 Å². The van der Waals surface area contributed by atoms with Crippen LogP contribution < -0.4 is 0 Å². The lowest BCUT2D eigenvalue weighted by Gasteiger charge is -2.11. The molecular formula is C14H14BrClN2S. The van der Waals surface area contributed by atoms with Crippen LogP contribution in [0.15, 0.2) is 28.7 Å². The van der Waals surface area contributed by atoms with Crippen molar-refractivity contribution in [3.63, 3.8) is 0 Å². The topological polar surface area (TPSA) is 28.7 Å². The van der Waals surface area contributed by atoms with E-state index >= 15 is 0 Å². The summed E-state index contributed by atoms with van der Waals surface area (Å²) in [5.41, 5.74) is 2.19. The van der Waals surface area contributed by atoms with Crippen molar-refractivity contribution in [3.8, 4) is 0 Å². The monoisotopic (exact) mass is 356 g/mol. The highest BCUT2D eigenvalue weighted by atomic mass is 79.9. The van der Waals surface area contributed by atoms with Gasteiger partial charge in [-0.05, 0) is 39.5 Å². The predicted octanol–water partition coefficient (Wildman–Crippen LogP) is 5.27. The highest BCUT2D eigenvalue weighted by Crippen LogP contribution is 2.24. The molecule has 1 aromatic heterocycles. The molecule has 2 rings (SSSR count). The standard InChI is InChI=1S/C14H14BrClN2S/c1-8(2)13-12(15)14(19)18-11(17-13)7-9-4-3-5-10(16)6-9/h3-6,8H,7H2,1-2H3,(H,17,18,19). The van der Waals surface area contributed by atoms with Crippen LogP contribution in [0.3, 0.4) is 0 Å². The first-order valence-electron chi connectivity index (χ1n) is 6.00. The average Bonchev–Trinajstić information content (AvgIpc) is 2.33. The highest BCUT2D eigenvalue weighted by Gasteiger charge is 2.10. The summed E-state index contributed by atoms with van der Waals surface area (Å²) in [6, 6.07) is 7.77. The molecule has 2 aromatic rings. The molecule has 0 bridgehead atoms. The lowest BCUT2D eigenvalue weighted by atomic mass is 10.1. The van der Waals surface area contributed by atoms with Crippen molar-refractivity contribution >= 4 is 39.7 Å². The number of hydrogen-bond acceptors (Lipinski definition) is 2. The first-order chi connectivity index (χ1) is 8.97. The second-order valence-corrected chi connectivity index (χ2v) is 6.29. The number of aromatic amines is 1. The molecule has 2 nitrogen and oxygen atoms in total. The number of halogens is 2. The van der Waals surface area contributed by atoms with Crippen LogP contribution in [-0.4, -0.2) is 9.97 Å². The van der Waals surface area contributed by atoms with Crippen LogP contribution in [0.4, 0.5) is 0 Å². The SMILES string of the molecule is CC(C)c1[nH]c(Cc2cccc(Cl)c2)nc(=S)c1Br. The van der Waals surface area contributed by atoms with E-state index in [1.165, 1.54) is 0 Å². The average molecular weight is 358 g/mol. The van der Waals surface area contributed by atoms with Crippen molar-refractivity contribution in [1.29, 1.82) is 0 Å². The van der Waals surface area contributed by atoms with Gasteiger partial charge in [-0.15, -0.1) is 0 Å². The van der Waals surface area contributed by atoms with Gasteiger partial charge in [-0.1, -0.05) is 49.8 Å². The van der Waals surface area contributed by atoms with Crippen molar-refractivity contribution < 1.29 is 0 Å². The molecule has 0 radical (unpaired) electrons. The Morgan fingerprint density at radius 1 is 1.42 bits per heavy atom. The smallest absolute Gasteiger partial charge is 0.144 e. The zero-order valence-electron chi connectivity index (χ0n) is 10.7. The Morgan fingerprint density at radius 3 is 2.79 bits per heavy atom. The first-order valence-corrected chi connectivity index (χ1v) is 7.58. The molecule has 1 aromatic carbocycles. The molecule has 0 spiro atoms. The van der Waals surface area contributed by atoms with Crippen LogP contribution in [-0.2, 0) is 6.42 Å². The number of nitrogens with one attached hydrogen (secondary N) is 1. The fraction of sp³-hybridized carbons (Fsp3) is 0.286. The minimum absolute atomic E-state index is 0.359. The summed E-state index contributed by atoms with van der Waals surface area (Å²) >= 11 is 14.8. The minimum Gasteiger partial charge on any atom is -0.346 e. The van der Waals surface area contributed by atoms with E-state index in [2.05, 4.69) is 39.7 Å². The molecule has 0 aliphatic heterocycles. The molecule has 1 N–H and O–H groups in total. The number of hydrogen-bond donors (Lipinski definition) is 1. The van der Waals surface area contributed by atoms with Gasteiger partial charge in [0.25, 0.3) is 0 Å². The molecule has 5 heteroatoms. The normalized spacial score (nSPS) is 11.0. The van der Waals surface area contributed by atoms with E-state index < -0.39 is 0 Å². The van der Waals surface area contributed by atoms with Crippen molar-refractivity contribution in [1.82, 2.24) is 9.97 Å². The molecular weight excluding hydrogens is 344 g/mol. The first kappa shape index (κ1) is 14.7. The molecule has 0 aliphatic carbocycles. The van der Waals surface area contributed by atoms with Gasteiger partial charge in [0, 0.05) is 17.1 Å². The molecule has 19 heavy (non-hydrogen) atoms. The van der Waals surface area contributed by atoms with Gasteiger partial charge < -0.3 is 4.98 Å². The van der Waals surface area contributed by atoms with E-state index in [0.717, 1.165) is 26.6 Å². The molecule has 0 saturated heterocycles. The third-order valence-corrected chi connectivity index (χ3v) is 4.37. The predicted molar refractivity (Wildman–Crippen MR) is 85.5 cm³/mol. The molecule has 0 saturated carbocycles. The number of benzene rings is 1. The molecule has 0 atom stereocenters. The second-order valence-electron chi connectivity index (χ2n) is 4.68. The van der Waals surface area contributed by atoms with Gasteiger partial charge in [0.15, 0.2) is 0 Å². The van der Waals surface area contributed by atoms with E-state index in [1.807, 2.05) is 24.3 Å². The van der Waals surface area contributed by atoms with E-state index in [-0.39, 0.29) is 0 Å². The zero-order valence-corrected chi connectivity index (χ0v) is 13.9. The fourth-order valence-electron chi connectivity index (χ4n) is 1.85. The fourth-order valence-corrected chi connectivity index (χ4v) is 2.93. The number of H-pyrrole nitrogens is 1. The summed E-state index contributed by atoms with van der Waals surface area (Å²) in [4.78, 5) is 7.76. The molecule has 0 fully saturated rings. The summed E-state index contributed by atoms with van der Waals surface area (Å²) in [6.45, 7) is 4.24. The third kappa shape index (κ3) is 3.65. The van der Waals surface area contributed by atoms with Crippen molar-refractivity contribution in [3.05, 3.63) is 55.5 Å². The third-order valence-electron chi connectivity index (χ3n) is 2.78. The van der Waals surface area contributed by atoms with Gasteiger partial charge in [-0.2, -0.15) is 0 Å². The van der Waals surface area contributed by atoms with Crippen LogP contribution in [0.2, 0.25) is 5.02 Å². The molecule has 0 unspecified atom stereocenters. The van der Waals surface area contributed by atoms with Crippen LogP contribution in [0.1, 0.15) is 36.8 Å². The summed E-state index contributed by atoms with van der Waals surface area (Å²) in [5, 5.41) is 0.734. The summed E-state index contributed by atoms with van der Waals surface area (Å²) in [6.07, 6.45) is 0.692. The Labute approximate surface area is 131 Å². The molecule has 0 amide bonds. The van der Waals surface area contributed by atoms with E-state index in [9.17, 15) is 0 Å². The quantitative estimate of drug-likeness (QED) is 0.758. The van der Waals surface area contributed by atoms with Crippen LogP contribution in [0.25, 0.3) is 0 Å². The molecule has 0 aliphatic rings. The van der Waals surface area contributed by atoms with Crippen molar-refractivity contribution in [2.45, 2.75) is 26.2 Å². The number of rotatable bonds is 3. The largest absolute Gasteiger partial charge is 0.346 e. The van der Waals surface area contributed by atoms with Crippen LogP contribution in [0, 0.1) is 4.64 Å². The Hall–Kier alpha value is -0.710. The lowest BCUT2D eigenvalue weighted by molar-refractivity contribution is 0.780. The van der Waals surface area contributed by atoms with Gasteiger partial charge in [0.2, 0.25) is 0 Å². The Kier molecular flexibility index (Phi) is 4.76. The highest BCUT2D eigenvalue weighted by molar-refractivity contribution is 9.10. The van der Waals surface area contributed by atoms with Crippen molar-refractivity contribution in [2.75, 3.05) is 0 Å². The molecule has 1 heterocycles. The minimum atomic E-state index is 0.359. The summed E-state index contributed by atoms with van der Waals surface area (Å²) in [5.74, 6) is 1.22. The van der Waals surface area contributed by atoms with Crippen LogP contribution in [0.5, 0.6) is 0 Å². The molecule has 100 valence electrons. The summed E-state index contributed by atoms with van der Waals surface area (Å²) < 4.78 is 1.48. The van der Waals surface area contributed by atoms with E-state index in [4.69, 9.17) is 23.8 Å². The maximum absolute atomic E-state index is 5.99. The van der Waals surface area contributed by atoms with Gasteiger partial charge >= 0.3 is 0 Å². The van der Waals surface area contributed by atoms with Crippen LogP contribution >= 0.6 is 39.7 Å². The van der Waals surface area contributed by atoms with E-state index in [0.29, 0.717) is 17.0 Å². The maximum Gasteiger partial charge on any atom is 0.144 e. The second kappa shape index (κ2) is 6.16. The lowest BCUT2D eigenvalue weighted by Crippen LogP contribution is -2.04. The van der Waals surface area contributed by atoms with Crippen molar-refractivity contribution in [2.24, 2.45) is 0 Å². The number of nitrogens with zero attached hydrogens (tertiary/aromatic N) is 1. The van der Waals surface area contributed by atoms with Gasteiger partial charge in [0.1, 0.15) is 10.5 Å². The van der Waals surface area contributed by atoms with Gasteiger partial charge in [-0.3, -0.25) is 0 Å². The van der Waals surface area contributed by atoms with E-state index in [1.54, 1.807) is 0 Å². The Bertz CT molecular complexity index is 652. The zero-order chi connectivity index (χ0) is 14.0. The Balaban J connectivity index is 2.39. The maximum atomic E-state index is 5.99. The van der Waals surface area contributed by atoms with Gasteiger partial charge in [0.05, 0.1) is 4.47 Å².